The molecule has 30 heavy (non-hydrogen) atoms. The lowest BCUT2D eigenvalue weighted by molar-refractivity contribution is 0.0699. The van der Waals surface area contributed by atoms with E-state index in [1.54, 1.807) is 60.0 Å². The molecule has 0 fully saturated rings. The molecule has 5 nitrogen and oxygen atoms in total. The lowest BCUT2D eigenvalue weighted by Crippen LogP contribution is -2.12. The van der Waals surface area contributed by atoms with Crippen LogP contribution in [0.5, 0.6) is 0 Å². The minimum atomic E-state index is -1.14. The zero-order valence-electron chi connectivity index (χ0n) is 15.2. The highest BCUT2D eigenvalue weighted by atomic mass is 35.5. The maximum absolute atomic E-state index is 12.6. The minimum Gasteiger partial charge on any atom is -0.478 e. The van der Waals surface area contributed by atoms with E-state index in [0.717, 1.165) is 16.9 Å². The van der Waals surface area contributed by atoms with E-state index in [1.807, 2.05) is 0 Å². The molecule has 2 N–H and O–H groups in total. The number of carbonyl (C=O) groups is 2. The van der Waals surface area contributed by atoms with Gasteiger partial charge in [-0.05, 0) is 54.1 Å². The zero-order valence-corrected chi connectivity index (χ0v) is 17.5. The molecule has 0 aliphatic carbocycles. The molecule has 0 bridgehead atoms. The molecule has 2 heterocycles. The van der Waals surface area contributed by atoms with Crippen LogP contribution in [-0.2, 0) is 0 Å². The summed E-state index contributed by atoms with van der Waals surface area (Å²) in [4.78, 5) is 24.5. The number of hydrogen-bond donors (Lipinski definition) is 2. The number of thiophene rings is 1. The monoisotopic (exact) mass is 457 g/mol. The molecule has 4 aromatic rings. The molecule has 150 valence electrons. The van der Waals surface area contributed by atoms with Gasteiger partial charge in [0.2, 0.25) is 0 Å². The Hall–Kier alpha value is -3.06. The molecule has 0 atom stereocenters. The Balaban J connectivity index is 1.60. The van der Waals surface area contributed by atoms with Crippen molar-refractivity contribution in [3.05, 3.63) is 87.4 Å². The molecular weight excluding hydrogens is 445 g/mol. The van der Waals surface area contributed by atoms with E-state index >= 15 is 0 Å². The van der Waals surface area contributed by atoms with Crippen molar-refractivity contribution in [2.24, 2.45) is 0 Å². The van der Waals surface area contributed by atoms with Crippen LogP contribution in [-0.4, -0.2) is 17.0 Å². The normalized spacial score (nSPS) is 10.7. The van der Waals surface area contributed by atoms with Crippen molar-refractivity contribution in [2.75, 3.05) is 5.32 Å². The lowest BCUT2D eigenvalue weighted by Gasteiger charge is -2.05. The number of halogens is 2. The van der Waals surface area contributed by atoms with Crippen LogP contribution in [0.4, 0.5) is 5.00 Å². The first-order valence-electron chi connectivity index (χ1n) is 8.70. The minimum absolute atomic E-state index is 0.0140. The Morgan fingerprint density at radius 3 is 2.07 bits per heavy atom. The van der Waals surface area contributed by atoms with Crippen molar-refractivity contribution < 1.29 is 19.1 Å². The van der Waals surface area contributed by atoms with Crippen molar-refractivity contribution in [3.8, 4) is 22.5 Å². The number of carboxylic acid groups (broad SMARTS) is 1. The quantitative estimate of drug-likeness (QED) is 0.340. The van der Waals surface area contributed by atoms with Gasteiger partial charge in [0.25, 0.3) is 5.91 Å². The van der Waals surface area contributed by atoms with Gasteiger partial charge in [-0.1, -0.05) is 35.3 Å². The van der Waals surface area contributed by atoms with Crippen molar-refractivity contribution in [3.63, 3.8) is 0 Å². The summed E-state index contributed by atoms with van der Waals surface area (Å²) in [7, 11) is 0. The molecular formula is C22H13Cl2NO4S. The van der Waals surface area contributed by atoms with E-state index in [0.29, 0.717) is 26.9 Å². The summed E-state index contributed by atoms with van der Waals surface area (Å²) in [5.74, 6) is -1.11. The molecule has 0 saturated heterocycles. The summed E-state index contributed by atoms with van der Waals surface area (Å²) in [5.41, 5.74) is 1.98. The molecule has 2 aromatic carbocycles. The van der Waals surface area contributed by atoms with Crippen molar-refractivity contribution in [2.45, 2.75) is 0 Å². The van der Waals surface area contributed by atoms with E-state index in [-0.39, 0.29) is 16.3 Å². The first-order valence-corrected chi connectivity index (χ1v) is 10.3. The number of carbonyl (C=O) groups excluding carboxylic acids is 1. The molecule has 0 radical (unpaired) electrons. The van der Waals surface area contributed by atoms with Gasteiger partial charge < -0.3 is 14.8 Å². The van der Waals surface area contributed by atoms with Gasteiger partial charge in [0.15, 0.2) is 5.76 Å². The number of rotatable bonds is 5. The largest absolute Gasteiger partial charge is 0.478 e. The highest BCUT2D eigenvalue weighted by molar-refractivity contribution is 7.15. The van der Waals surface area contributed by atoms with E-state index in [1.165, 1.54) is 6.07 Å². The number of anilines is 1. The number of nitrogens with one attached hydrogen (secondary N) is 1. The topological polar surface area (TPSA) is 79.5 Å². The SMILES string of the molecule is O=C(Nc1scc(-c2ccc(Cl)cc2)c1C(=O)O)c1ccc(-c2ccc(Cl)cc2)o1. The van der Waals surface area contributed by atoms with Gasteiger partial charge in [-0.25, -0.2) is 4.79 Å². The van der Waals surface area contributed by atoms with E-state index < -0.39 is 11.9 Å². The maximum atomic E-state index is 12.6. The summed E-state index contributed by atoms with van der Waals surface area (Å²) in [6, 6.07) is 17.0. The third kappa shape index (κ3) is 4.11. The summed E-state index contributed by atoms with van der Waals surface area (Å²) in [6.45, 7) is 0. The van der Waals surface area contributed by atoms with Gasteiger partial charge in [0, 0.05) is 26.6 Å². The average molecular weight is 458 g/mol. The van der Waals surface area contributed by atoms with Crippen molar-refractivity contribution in [1.29, 1.82) is 0 Å². The Kier molecular flexibility index (Phi) is 5.63. The summed E-state index contributed by atoms with van der Waals surface area (Å²) in [6.07, 6.45) is 0. The van der Waals surface area contributed by atoms with Crippen LogP contribution in [0.1, 0.15) is 20.9 Å². The predicted octanol–water partition coefficient (Wildman–Crippen LogP) is 6.93. The highest BCUT2D eigenvalue weighted by Crippen LogP contribution is 2.36. The first-order chi connectivity index (χ1) is 14.4. The molecule has 2 aromatic heterocycles. The van der Waals surface area contributed by atoms with Gasteiger partial charge in [-0.2, -0.15) is 0 Å². The van der Waals surface area contributed by atoms with Crippen molar-refractivity contribution >= 4 is 51.4 Å². The Labute approximate surface area is 185 Å². The van der Waals surface area contributed by atoms with Crippen LogP contribution in [0.3, 0.4) is 0 Å². The van der Waals surface area contributed by atoms with Gasteiger partial charge in [0.05, 0.1) is 0 Å². The second-order valence-corrected chi connectivity index (χ2v) is 8.04. The lowest BCUT2D eigenvalue weighted by atomic mass is 10.0. The third-order valence-corrected chi connectivity index (χ3v) is 5.75. The third-order valence-electron chi connectivity index (χ3n) is 4.35. The Morgan fingerprint density at radius 1 is 0.867 bits per heavy atom. The van der Waals surface area contributed by atoms with Gasteiger partial charge in [-0.3, -0.25) is 4.79 Å². The van der Waals surface area contributed by atoms with Crippen LogP contribution in [0, 0.1) is 0 Å². The Bertz CT molecular complexity index is 1230. The van der Waals surface area contributed by atoms with Gasteiger partial charge in [-0.15, -0.1) is 11.3 Å². The Morgan fingerprint density at radius 2 is 1.47 bits per heavy atom. The standard InChI is InChI=1S/C22H13Cl2NO4S/c23-14-5-1-12(2-6-14)16-11-30-21(19(16)22(27)28)25-20(26)18-10-9-17(29-18)13-3-7-15(24)8-4-13/h1-11H,(H,25,26)(H,27,28). The number of hydrogen-bond acceptors (Lipinski definition) is 4. The van der Waals surface area contributed by atoms with Crippen LogP contribution >= 0.6 is 34.5 Å². The summed E-state index contributed by atoms with van der Waals surface area (Å²) in [5, 5.41) is 15.4. The second kappa shape index (κ2) is 8.36. The number of carboxylic acids is 1. The average Bonchev–Trinajstić information content (AvgIpc) is 3.37. The molecule has 8 heteroatoms. The van der Waals surface area contributed by atoms with Gasteiger partial charge in [0.1, 0.15) is 16.3 Å². The molecule has 4 rings (SSSR count). The molecule has 0 saturated carbocycles. The molecule has 1 amide bonds. The molecule has 0 aliphatic heterocycles. The van der Waals surface area contributed by atoms with Crippen LogP contribution in [0.25, 0.3) is 22.5 Å². The number of aromatic carboxylic acids is 1. The fourth-order valence-electron chi connectivity index (χ4n) is 2.90. The van der Waals surface area contributed by atoms with Crippen LogP contribution < -0.4 is 5.32 Å². The number of furan rings is 1. The molecule has 0 unspecified atom stereocenters. The smallest absolute Gasteiger partial charge is 0.339 e. The van der Waals surface area contributed by atoms with E-state index in [2.05, 4.69) is 5.32 Å². The number of amides is 1. The first kappa shape index (κ1) is 20.2. The van der Waals surface area contributed by atoms with E-state index in [4.69, 9.17) is 27.6 Å². The van der Waals surface area contributed by atoms with Crippen molar-refractivity contribution in [1.82, 2.24) is 0 Å². The number of benzene rings is 2. The van der Waals surface area contributed by atoms with E-state index in [9.17, 15) is 14.7 Å². The molecule has 0 spiro atoms. The summed E-state index contributed by atoms with van der Waals surface area (Å²) >= 11 is 12.9. The fraction of sp³-hybridized carbons (Fsp3) is 0. The van der Waals surface area contributed by atoms with Crippen LogP contribution in [0.2, 0.25) is 10.0 Å². The van der Waals surface area contributed by atoms with Crippen LogP contribution in [0.15, 0.2) is 70.5 Å². The fourth-order valence-corrected chi connectivity index (χ4v) is 4.11. The summed E-state index contributed by atoms with van der Waals surface area (Å²) < 4.78 is 5.64. The van der Waals surface area contributed by atoms with Gasteiger partial charge >= 0.3 is 5.97 Å². The maximum Gasteiger partial charge on any atom is 0.339 e. The highest BCUT2D eigenvalue weighted by Gasteiger charge is 2.22. The molecule has 0 aliphatic rings. The zero-order chi connectivity index (χ0) is 21.3. The second-order valence-electron chi connectivity index (χ2n) is 6.29. The predicted molar refractivity (Wildman–Crippen MR) is 119 cm³/mol.